The number of anilines is 1. The van der Waals surface area contributed by atoms with Gasteiger partial charge in [-0.2, -0.15) is 0 Å². The molecule has 0 aliphatic heterocycles. The van der Waals surface area contributed by atoms with E-state index in [0.29, 0.717) is 10.8 Å². The SMILES string of the molecule is CC(C)NS(=O)(=O)c1ccc(NC(=O)C(C)Sc2ncc(-c3ccc(F)cc3)[nH]2)cc1. The molecule has 10 heteroatoms. The van der Waals surface area contributed by atoms with Crippen molar-refractivity contribution in [2.75, 3.05) is 5.32 Å². The van der Waals surface area contributed by atoms with Crippen molar-refractivity contribution in [3.8, 4) is 11.3 Å². The fourth-order valence-corrected chi connectivity index (χ4v) is 4.73. The van der Waals surface area contributed by atoms with Gasteiger partial charge in [0.15, 0.2) is 5.16 Å². The number of thioether (sulfide) groups is 1. The average Bonchev–Trinajstić information content (AvgIpc) is 3.16. The number of aromatic amines is 1. The summed E-state index contributed by atoms with van der Waals surface area (Å²) in [5.74, 6) is -0.564. The molecule has 1 unspecified atom stereocenters. The lowest BCUT2D eigenvalue weighted by molar-refractivity contribution is -0.115. The number of H-pyrrole nitrogens is 1. The van der Waals surface area contributed by atoms with E-state index in [9.17, 15) is 17.6 Å². The fourth-order valence-electron chi connectivity index (χ4n) is 2.70. The van der Waals surface area contributed by atoms with Crippen molar-refractivity contribution >= 4 is 33.4 Å². The Labute approximate surface area is 184 Å². The number of nitrogens with one attached hydrogen (secondary N) is 3. The summed E-state index contributed by atoms with van der Waals surface area (Å²) >= 11 is 1.25. The first-order chi connectivity index (χ1) is 14.6. The summed E-state index contributed by atoms with van der Waals surface area (Å²) in [6, 6.07) is 11.8. The van der Waals surface area contributed by atoms with Crippen LogP contribution < -0.4 is 10.0 Å². The van der Waals surface area contributed by atoms with Crippen molar-refractivity contribution in [3.05, 3.63) is 60.5 Å². The molecule has 0 aliphatic rings. The van der Waals surface area contributed by atoms with E-state index >= 15 is 0 Å². The number of carbonyl (C=O) groups is 1. The standard InChI is InChI=1S/C21H23FN4O3S2/c1-13(2)26-31(28,29)18-10-8-17(9-11-18)24-20(27)14(3)30-21-23-12-19(25-21)15-4-6-16(22)7-5-15/h4-14,26H,1-3H3,(H,23,25)(H,24,27). The van der Waals surface area contributed by atoms with Gasteiger partial charge in [-0.3, -0.25) is 4.79 Å². The highest BCUT2D eigenvalue weighted by Gasteiger charge is 2.18. The predicted octanol–water partition coefficient (Wildman–Crippen LogP) is 4.02. The summed E-state index contributed by atoms with van der Waals surface area (Å²) in [6.07, 6.45) is 1.63. The molecule has 2 aromatic carbocycles. The Morgan fingerprint density at radius 1 is 1.06 bits per heavy atom. The van der Waals surface area contributed by atoms with Gasteiger partial charge in [0.1, 0.15) is 5.82 Å². The van der Waals surface area contributed by atoms with Gasteiger partial charge < -0.3 is 10.3 Å². The molecule has 0 saturated carbocycles. The first kappa shape index (κ1) is 23.0. The van der Waals surface area contributed by atoms with E-state index in [4.69, 9.17) is 0 Å². The number of carbonyl (C=O) groups excluding carboxylic acids is 1. The van der Waals surface area contributed by atoms with Crippen molar-refractivity contribution in [2.45, 2.75) is 42.1 Å². The largest absolute Gasteiger partial charge is 0.333 e. The average molecular weight is 463 g/mol. The molecule has 3 aromatic rings. The number of benzene rings is 2. The van der Waals surface area contributed by atoms with Crippen LogP contribution >= 0.6 is 11.8 Å². The topological polar surface area (TPSA) is 104 Å². The fraction of sp³-hybridized carbons (Fsp3) is 0.238. The third-order valence-electron chi connectivity index (χ3n) is 4.19. The number of sulfonamides is 1. The van der Waals surface area contributed by atoms with Gasteiger partial charge >= 0.3 is 0 Å². The Bertz CT molecular complexity index is 1140. The van der Waals surface area contributed by atoms with Crippen LogP contribution in [-0.2, 0) is 14.8 Å². The first-order valence-corrected chi connectivity index (χ1v) is 11.9. The van der Waals surface area contributed by atoms with Crippen molar-refractivity contribution in [1.29, 1.82) is 0 Å². The van der Waals surface area contributed by atoms with E-state index in [0.717, 1.165) is 11.3 Å². The molecular weight excluding hydrogens is 439 g/mol. The number of amides is 1. The van der Waals surface area contributed by atoms with Crippen LogP contribution in [0.4, 0.5) is 10.1 Å². The summed E-state index contributed by atoms with van der Waals surface area (Å²) in [5.41, 5.74) is 2.01. The normalized spacial score (nSPS) is 12.7. The van der Waals surface area contributed by atoms with Crippen molar-refractivity contribution < 1.29 is 17.6 Å². The van der Waals surface area contributed by atoms with Crippen molar-refractivity contribution in [3.63, 3.8) is 0 Å². The number of halogens is 1. The molecule has 1 atom stereocenters. The van der Waals surface area contributed by atoms with Gasteiger partial charge in [0, 0.05) is 11.7 Å². The van der Waals surface area contributed by atoms with Crippen molar-refractivity contribution in [1.82, 2.24) is 14.7 Å². The van der Waals surface area contributed by atoms with Crippen LogP contribution in [0.25, 0.3) is 11.3 Å². The summed E-state index contributed by atoms with van der Waals surface area (Å²) in [5, 5.41) is 2.87. The highest BCUT2D eigenvalue weighted by molar-refractivity contribution is 8.00. The van der Waals surface area contributed by atoms with Gasteiger partial charge in [-0.1, -0.05) is 11.8 Å². The zero-order valence-electron chi connectivity index (χ0n) is 17.2. The molecule has 0 fully saturated rings. The number of aromatic nitrogens is 2. The van der Waals surface area contributed by atoms with Crippen LogP contribution in [-0.4, -0.2) is 35.6 Å². The van der Waals surface area contributed by atoms with E-state index in [1.807, 2.05) is 0 Å². The van der Waals surface area contributed by atoms with E-state index in [-0.39, 0.29) is 22.7 Å². The van der Waals surface area contributed by atoms with Gasteiger partial charge in [0.25, 0.3) is 0 Å². The lowest BCUT2D eigenvalue weighted by atomic mass is 10.2. The monoisotopic (exact) mass is 462 g/mol. The molecule has 7 nitrogen and oxygen atoms in total. The molecule has 0 aliphatic carbocycles. The maximum absolute atomic E-state index is 13.1. The number of hydrogen-bond acceptors (Lipinski definition) is 5. The van der Waals surface area contributed by atoms with Gasteiger partial charge in [0.2, 0.25) is 15.9 Å². The van der Waals surface area contributed by atoms with E-state index in [1.165, 1.54) is 36.0 Å². The molecular formula is C21H23FN4O3S2. The Kier molecular flexibility index (Phi) is 7.14. The molecule has 3 rings (SSSR count). The highest BCUT2D eigenvalue weighted by atomic mass is 32.2. The second kappa shape index (κ2) is 9.63. The van der Waals surface area contributed by atoms with E-state index in [2.05, 4.69) is 20.0 Å². The molecule has 0 bridgehead atoms. The van der Waals surface area contributed by atoms with Gasteiger partial charge in [-0.25, -0.2) is 22.5 Å². The van der Waals surface area contributed by atoms with Crippen LogP contribution in [0.1, 0.15) is 20.8 Å². The zero-order valence-corrected chi connectivity index (χ0v) is 18.9. The number of rotatable bonds is 8. The summed E-state index contributed by atoms with van der Waals surface area (Å²) in [7, 11) is -3.58. The Morgan fingerprint density at radius 3 is 2.32 bits per heavy atom. The Hall–Kier alpha value is -2.69. The molecule has 1 heterocycles. The van der Waals surface area contributed by atoms with Crippen molar-refractivity contribution in [2.24, 2.45) is 0 Å². The van der Waals surface area contributed by atoms with Crippen LogP contribution in [0.15, 0.2) is 64.8 Å². The van der Waals surface area contributed by atoms with Crippen LogP contribution in [0, 0.1) is 5.82 Å². The molecule has 0 saturated heterocycles. The highest BCUT2D eigenvalue weighted by Crippen LogP contribution is 2.25. The molecule has 0 radical (unpaired) electrons. The molecule has 3 N–H and O–H groups in total. The van der Waals surface area contributed by atoms with E-state index in [1.54, 1.807) is 51.2 Å². The molecule has 1 amide bonds. The Balaban J connectivity index is 1.60. The molecule has 31 heavy (non-hydrogen) atoms. The predicted molar refractivity (Wildman–Crippen MR) is 120 cm³/mol. The third kappa shape index (κ3) is 6.16. The maximum atomic E-state index is 13.1. The van der Waals surface area contributed by atoms with E-state index < -0.39 is 15.3 Å². The lowest BCUT2D eigenvalue weighted by Crippen LogP contribution is -2.30. The quantitative estimate of drug-likeness (QED) is 0.439. The minimum atomic E-state index is -3.58. The summed E-state index contributed by atoms with van der Waals surface area (Å²) < 4.78 is 39.9. The number of imidazole rings is 1. The number of hydrogen-bond donors (Lipinski definition) is 3. The van der Waals surface area contributed by atoms with Gasteiger partial charge in [-0.05, 0) is 74.9 Å². The molecule has 164 valence electrons. The van der Waals surface area contributed by atoms with Gasteiger partial charge in [0.05, 0.1) is 22.0 Å². The summed E-state index contributed by atoms with van der Waals surface area (Å²) in [4.78, 5) is 20.0. The van der Waals surface area contributed by atoms with Crippen LogP contribution in [0.5, 0.6) is 0 Å². The zero-order chi connectivity index (χ0) is 22.6. The third-order valence-corrected chi connectivity index (χ3v) is 6.86. The summed E-state index contributed by atoms with van der Waals surface area (Å²) in [6.45, 7) is 5.23. The minimum absolute atomic E-state index is 0.130. The smallest absolute Gasteiger partial charge is 0.240 e. The maximum Gasteiger partial charge on any atom is 0.240 e. The molecule has 0 spiro atoms. The minimum Gasteiger partial charge on any atom is -0.333 e. The first-order valence-electron chi connectivity index (χ1n) is 9.55. The van der Waals surface area contributed by atoms with Gasteiger partial charge in [-0.15, -0.1) is 0 Å². The lowest BCUT2D eigenvalue weighted by Gasteiger charge is -2.12. The molecule has 1 aromatic heterocycles. The van der Waals surface area contributed by atoms with Crippen LogP contribution in [0.2, 0.25) is 0 Å². The second-order valence-electron chi connectivity index (χ2n) is 7.16. The second-order valence-corrected chi connectivity index (χ2v) is 10.2. The Morgan fingerprint density at radius 2 is 1.71 bits per heavy atom. The van der Waals surface area contributed by atoms with Crippen LogP contribution in [0.3, 0.4) is 0 Å². The number of nitrogens with zero attached hydrogens (tertiary/aromatic N) is 1.